The first kappa shape index (κ1) is 19.8. The van der Waals surface area contributed by atoms with E-state index >= 15 is 0 Å². The Morgan fingerprint density at radius 3 is 3.03 bits per heavy atom. The topological polar surface area (TPSA) is 117 Å². The number of H-pyrrole nitrogens is 1. The fourth-order valence-electron chi connectivity index (χ4n) is 4.29. The Labute approximate surface area is 188 Å². The van der Waals surface area contributed by atoms with Crippen molar-refractivity contribution in [2.75, 3.05) is 16.8 Å². The quantitative estimate of drug-likeness (QED) is 0.444. The maximum absolute atomic E-state index is 14.5. The Morgan fingerprint density at radius 1 is 1.30 bits per heavy atom. The SMILES string of the molecule is O=C(Cc1cnccn1)[C@@H]1C[C@@H](F)CN1c1nc(Nc2cc(C3CC3)[nH]n2)c2cccn2n1. The summed E-state index contributed by atoms with van der Waals surface area (Å²) in [5.41, 5.74) is 2.42. The second-order valence-electron chi connectivity index (χ2n) is 8.55. The van der Waals surface area contributed by atoms with Crippen molar-refractivity contribution in [1.29, 1.82) is 0 Å². The lowest BCUT2D eigenvalue weighted by molar-refractivity contribution is -0.119. The summed E-state index contributed by atoms with van der Waals surface area (Å²) in [6.07, 6.45) is 7.81. The number of hydrogen-bond donors (Lipinski definition) is 2. The van der Waals surface area contributed by atoms with Crippen LogP contribution in [0.3, 0.4) is 0 Å². The van der Waals surface area contributed by atoms with E-state index in [2.05, 4.69) is 35.6 Å². The molecule has 2 aliphatic rings. The summed E-state index contributed by atoms with van der Waals surface area (Å²) >= 11 is 0. The number of carbonyl (C=O) groups excluding carboxylic acids is 1. The highest BCUT2D eigenvalue weighted by atomic mass is 19.1. The van der Waals surface area contributed by atoms with Gasteiger partial charge in [0.05, 0.1) is 24.7 Å². The summed E-state index contributed by atoms with van der Waals surface area (Å²) in [6, 6.07) is 5.06. The minimum atomic E-state index is -1.14. The first-order valence-corrected chi connectivity index (χ1v) is 11.0. The molecular weight excluding hydrogens is 425 g/mol. The minimum absolute atomic E-state index is 0.0529. The Bertz CT molecular complexity index is 1300. The van der Waals surface area contributed by atoms with Crippen LogP contribution in [0.15, 0.2) is 43.0 Å². The van der Waals surface area contributed by atoms with Gasteiger partial charge in [-0.15, -0.1) is 5.10 Å². The van der Waals surface area contributed by atoms with Gasteiger partial charge in [0.25, 0.3) is 0 Å². The largest absolute Gasteiger partial charge is 0.326 e. The summed E-state index contributed by atoms with van der Waals surface area (Å²) in [4.78, 5) is 27.5. The molecule has 0 aromatic carbocycles. The van der Waals surface area contributed by atoms with Gasteiger partial charge in [-0.25, -0.2) is 8.91 Å². The molecule has 0 radical (unpaired) electrons. The molecule has 4 aromatic heterocycles. The van der Waals surface area contributed by atoms with Gasteiger partial charge in [-0.1, -0.05) is 0 Å². The normalized spacial score (nSPS) is 20.5. The molecule has 11 heteroatoms. The van der Waals surface area contributed by atoms with E-state index < -0.39 is 12.2 Å². The standard InChI is InChI=1S/C22H22FN9O/c23-14-8-18(19(33)9-15-11-24-5-6-25-15)31(12-14)22-27-21(17-2-1-7-32(17)30-22)26-20-10-16(28-29-20)13-3-4-13/h1-2,5-7,10-11,13-14,18H,3-4,8-9,12H2,(H2,26,27,28,29,30)/t14-,18+/m1/s1. The molecule has 2 fully saturated rings. The number of fused-ring (bicyclic) bond motifs is 1. The molecular formula is C22H22FN9O. The van der Waals surface area contributed by atoms with Gasteiger partial charge in [-0.3, -0.25) is 19.9 Å². The molecule has 10 nitrogen and oxygen atoms in total. The summed E-state index contributed by atoms with van der Waals surface area (Å²) in [7, 11) is 0. The number of Topliss-reactive ketones (excluding diaryl/α,β-unsaturated/α-hetero) is 1. The second-order valence-corrected chi connectivity index (χ2v) is 8.55. The summed E-state index contributed by atoms with van der Waals surface area (Å²) < 4.78 is 16.2. The van der Waals surface area contributed by atoms with Crippen LogP contribution in [0.25, 0.3) is 5.52 Å². The van der Waals surface area contributed by atoms with Gasteiger partial charge in [0.15, 0.2) is 17.4 Å². The maximum atomic E-state index is 14.5. The van der Waals surface area contributed by atoms with E-state index in [1.165, 1.54) is 19.0 Å². The van der Waals surface area contributed by atoms with Gasteiger partial charge in [0.1, 0.15) is 11.7 Å². The number of nitrogens with zero attached hydrogens (tertiary/aromatic N) is 7. The number of anilines is 3. The highest BCUT2D eigenvalue weighted by molar-refractivity contribution is 5.89. The average molecular weight is 447 g/mol. The van der Waals surface area contributed by atoms with Gasteiger partial charge in [0.2, 0.25) is 5.95 Å². The van der Waals surface area contributed by atoms with Crippen LogP contribution in [0.2, 0.25) is 0 Å². The number of ketones is 1. The average Bonchev–Trinajstić information content (AvgIpc) is 3.20. The van der Waals surface area contributed by atoms with Crippen molar-refractivity contribution in [3.63, 3.8) is 0 Å². The number of alkyl halides is 1. The van der Waals surface area contributed by atoms with E-state index in [4.69, 9.17) is 0 Å². The molecule has 0 unspecified atom stereocenters. The summed E-state index contributed by atoms with van der Waals surface area (Å²) in [6.45, 7) is 0.0529. The Balaban J connectivity index is 1.30. The van der Waals surface area contributed by atoms with Crippen molar-refractivity contribution in [2.45, 2.75) is 43.8 Å². The number of nitrogens with one attached hydrogen (secondary N) is 2. The van der Waals surface area contributed by atoms with Gasteiger partial charge in [-0.05, 0) is 25.0 Å². The van der Waals surface area contributed by atoms with Crippen LogP contribution in [0.5, 0.6) is 0 Å². The molecule has 0 bridgehead atoms. The first-order valence-electron chi connectivity index (χ1n) is 11.0. The zero-order chi connectivity index (χ0) is 22.4. The third-order valence-electron chi connectivity index (χ3n) is 6.09. The second kappa shape index (κ2) is 7.91. The molecule has 33 heavy (non-hydrogen) atoms. The lowest BCUT2D eigenvalue weighted by atomic mass is 10.1. The van der Waals surface area contributed by atoms with Gasteiger partial charge in [-0.2, -0.15) is 10.1 Å². The van der Waals surface area contributed by atoms with Crippen molar-refractivity contribution in [3.8, 4) is 0 Å². The van der Waals surface area contributed by atoms with Gasteiger partial charge >= 0.3 is 0 Å². The van der Waals surface area contributed by atoms with Crippen LogP contribution in [0, 0.1) is 0 Å². The molecule has 6 rings (SSSR count). The molecule has 1 aliphatic carbocycles. The van der Waals surface area contributed by atoms with Crippen LogP contribution in [0.4, 0.5) is 22.0 Å². The smallest absolute Gasteiger partial charge is 0.246 e. The predicted octanol–water partition coefficient (Wildman–Crippen LogP) is 2.59. The molecule has 0 spiro atoms. The number of halogens is 1. The zero-order valence-electron chi connectivity index (χ0n) is 17.7. The molecule has 5 heterocycles. The van der Waals surface area contributed by atoms with Crippen LogP contribution in [-0.2, 0) is 11.2 Å². The van der Waals surface area contributed by atoms with Crippen molar-refractivity contribution >= 4 is 28.9 Å². The number of hydrogen-bond acceptors (Lipinski definition) is 8. The summed E-state index contributed by atoms with van der Waals surface area (Å²) in [5.74, 6) is 1.90. The highest BCUT2D eigenvalue weighted by Crippen LogP contribution is 2.39. The minimum Gasteiger partial charge on any atom is -0.326 e. The zero-order valence-corrected chi connectivity index (χ0v) is 17.7. The molecule has 1 saturated carbocycles. The molecule has 168 valence electrons. The molecule has 2 atom stereocenters. The van der Waals surface area contributed by atoms with Gasteiger partial charge in [0, 0.05) is 48.9 Å². The molecule has 4 aromatic rings. The lowest BCUT2D eigenvalue weighted by Crippen LogP contribution is -2.38. The number of aromatic nitrogens is 7. The third kappa shape index (κ3) is 3.90. The number of carbonyl (C=O) groups is 1. The summed E-state index contributed by atoms with van der Waals surface area (Å²) in [5, 5.41) is 15.2. The third-order valence-corrected chi connectivity index (χ3v) is 6.09. The molecule has 1 saturated heterocycles. The molecule has 1 aliphatic heterocycles. The van der Waals surface area contributed by atoms with Crippen molar-refractivity contribution in [3.05, 3.63) is 54.4 Å². The van der Waals surface area contributed by atoms with E-state index in [0.29, 0.717) is 23.2 Å². The van der Waals surface area contributed by atoms with E-state index in [9.17, 15) is 9.18 Å². The highest BCUT2D eigenvalue weighted by Gasteiger charge is 2.39. The van der Waals surface area contributed by atoms with Crippen molar-refractivity contribution in [1.82, 2.24) is 34.8 Å². The lowest BCUT2D eigenvalue weighted by Gasteiger charge is -2.23. The Kier molecular flexibility index (Phi) is 4.74. The van der Waals surface area contributed by atoms with E-state index in [-0.39, 0.29) is 31.1 Å². The molecule has 2 N–H and O–H groups in total. The Morgan fingerprint density at radius 2 is 2.21 bits per heavy atom. The van der Waals surface area contributed by atoms with E-state index in [0.717, 1.165) is 11.2 Å². The monoisotopic (exact) mass is 447 g/mol. The van der Waals surface area contributed by atoms with Gasteiger partial charge < -0.3 is 10.2 Å². The first-order chi connectivity index (χ1) is 16.1. The Hall–Kier alpha value is -3.89. The van der Waals surface area contributed by atoms with Crippen molar-refractivity contribution < 1.29 is 9.18 Å². The van der Waals surface area contributed by atoms with Crippen molar-refractivity contribution in [2.24, 2.45) is 0 Å². The van der Waals surface area contributed by atoms with Crippen LogP contribution >= 0.6 is 0 Å². The van der Waals surface area contributed by atoms with E-state index in [1.54, 1.807) is 28.0 Å². The van der Waals surface area contributed by atoms with E-state index in [1.807, 2.05) is 18.2 Å². The fourth-order valence-corrected chi connectivity index (χ4v) is 4.29. The van der Waals surface area contributed by atoms with Crippen LogP contribution < -0.4 is 10.2 Å². The predicted molar refractivity (Wildman–Crippen MR) is 118 cm³/mol. The maximum Gasteiger partial charge on any atom is 0.246 e. The molecule has 0 amide bonds. The number of aromatic amines is 1. The van der Waals surface area contributed by atoms with Crippen LogP contribution in [-0.4, -0.2) is 59.3 Å². The number of rotatable bonds is 7. The fraction of sp³-hybridized carbons (Fsp3) is 0.364. The van der Waals surface area contributed by atoms with Crippen LogP contribution in [0.1, 0.15) is 36.6 Å².